The summed E-state index contributed by atoms with van der Waals surface area (Å²) in [4.78, 5) is 21.0. The summed E-state index contributed by atoms with van der Waals surface area (Å²) in [5.74, 6) is -0.214. The van der Waals surface area contributed by atoms with E-state index in [0.29, 0.717) is 21.9 Å². The van der Waals surface area contributed by atoms with Gasteiger partial charge in [-0.25, -0.2) is 9.97 Å². The van der Waals surface area contributed by atoms with E-state index >= 15 is 0 Å². The number of nitrogens with zero attached hydrogens (tertiary/aromatic N) is 2. The molecule has 0 atom stereocenters. The van der Waals surface area contributed by atoms with Gasteiger partial charge in [0.2, 0.25) is 5.91 Å². The third kappa shape index (κ3) is 4.27. The molecule has 0 saturated carbocycles. The Morgan fingerprint density at radius 1 is 1.03 bits per heavy atom. The van der Waals surface area contributed by atoms with Crippen molar-refractivity contribution in [1.29, 1.82) is 0 Å². The van der Waals surface area contributed by atoms with E-state index < -0.39 is 11.7 Å². The van der Waals surface area contributed by atoms with E-state index in [-0.39, 0.29) is 12.3 Å². The van der Waals surface area contributed by atoms with Crippen LogP contribution < -0.4 is 5.32 Å². The fourth-order valence-electron chi connectivity index (χ4n) is 2.96. The lowest BCUT2D eigenvalue weighted by molar-refractivity contribution is -0.137. The molecule has 4 aromatic rings. The van der Waals surface area contributed by atoms with Gasteiger partial charge in [-0.05, 0) is 23.8 Å². The highest BCUT2D eigenvalue weighted by atomic mass is 32.1. The van der Waals surface area contributed by atoms with Crippen LogP contribution in [-0.2, 0) is 17.4 Å². The lowest BCUT2D eigenvalue weighted by atomic mass is 10.0. The fraction of sp³-hybridized carbons (Fsp3) is 0.0952. The Kier molecular flexibility index (Phi) is 5.02. The highest BCUT2D eigenvalue weighted by molar-refractivity contribution is 7.13. The summed E-state index contributed by atoms with van der Waals surface area (Å²) in [5.41, 5.74) is 1.77. The Balaban J connectivity index is 1.64. The van der Waals surface area contributed by atoms with Gasteiger partial charge in [-0.3, -0.25) is 4.79 Å². The smallest absolute Gasteiger partial charge is 0.302 e. The predicted octanol–water partition coefficient (Wildman–Crippen LogP) is 5.56. The molecule has 2 aromatic carbocycles. The molecule has 1 amide bonds. The third-order valence-electron chi connectivity index (χ3n) is 4.34. The first-order valence-electron chi connectivity index (χ1n) is 8.66. The standard InChI is InChI=1S/C21H14F3N3OS/c22-21(23,24)16-7-4-13(5-8-16)17-9-6-14-2-1-3-15(19(14)26-17)12-18(28)27-20-25-10-11-29-20/h1-11H,12H2,(H,25,27,28). The Morgan fingerprint density at radius 3 is 2.52 bits per heavy atom. The summed E-state index contributed by atoms with van der Waals surface area (Å²) in [6, 6.07) is 14.0. The molecule has 0 radical (unpaired) electrons. The average Bonchev–Trinajstić information content (AvgIpc) is 3.20. The highest BCUT2D eigenvalue weighted by Gasteiger charge is 2.30. The summed E-state index contributed by atoms with van der Waals surface area (Å²) < 4.78 is 38.3. The first-order valence-corrected chi connectivity index (χ1v) is 9.54. The number of rotatable bonds is 4. The van der Waals surface area contributed by atoms with E-state index in [9.17, 15) is 18.0 Å². The minimum Gasteiger partial charge on any atom is -0.302 e. The number of pyridine rings is 1. The van der Waals surface area contributed by atoms with Gasteiger partial charge in [0.1, 0.15) is 0 Å². The van der Waals surface area contributed by atoms with Crippen LogP contribution in [0.3, 0.4) is 0 Å². The van der Waals surface area contributed by atoms with Gasteiger partial charge >= 0.3 is 6.18 Å². The number of halogens is 3. The van der Waals surface area contributed by atoms with Crippen LogP contribution in [0, 0.1) is 0 Å². The quantitative estimate of drug-likeness (QED) is 0.477. The van der Waals surface area contributed by atoms with Crippen molar-refractivity contribution in [1.82, 2.24) is 9.97 Å². The molecule has 2 aromatic heterocycles. The van der Waals surface area contributed by atoms with E-state index in [1.807, 2.05) is 24.3 Å². The van der Waals surface area contributed by atoms with E-state index in [2.05, 4.69) is 15.3 Å². The number of alkyl halides is 3. The van der Waals surface area contributed by atoms with E-state index in [1.54, 1.807) is 17.6 Å². The van der Waals surface area contributed by atoms with Gasteiger partial charge in [0.15, 0.2) is 5.13 Å². The second-order valence-corrected chi connectivity index (χ2v) is 7.22. The van der Waals surface area contributed by atoms with Crippen LogP contribution in [0.15, 0.2) is 66.2 Å². The molecule has 0 unspecified atom stereocenters. The average molecular weight is 413 g/mol. The highest BCUT2D eigenvalue weighted by Crippen LogP contribution is 2.31. The third-order valence-corrected chi connectivity index (χ3v) is 5.03. The Hall–Kier alpha value is -3.26. The van der Waals surface area contributed by atoms with Crippen molar-refractivity contribution in [3.8, 4) is 11.3 Å². The Bertz CT molecular complexity index is 1160. The van der Waals surface area contributed by atoms with Crippen molar-refractivity contribution >= 4 is 33.3 Å². The number of para-hydroxylation sites is 1. The SMILES string of the molecule is O=C(Cc1cccc2ccc(-c3ccc(C(F)(F)F)cc3)nc12)Nc1nccs1. The van der Waals surface area contributed by atoms with Crippen LogP contribution in [0.5, 0.6) is 0 Å². The van der Waals surface area contributed by atoms with Crippen molar-refractivity contribution in [3.63, 3.8) is 0 Å². The summed E-state index contributed by atoms with van der Waals surface area (Å²) in [5, 5.41) is 5.87. The molecule has 0 saturated heterocycles. The molecular weight excluding hydrogens is 399 g/mol. The zero-order valence-electron chi connectivity index (χ0n) is 14.9. The topological polar surface area (TPSA) is 54.9 Å². The summed E-state index contributed by atoms with van der Waals surface area (Å²) >= 11 is 1.33. The number of hydrogen-bond acceptors (Lipinski definition) is 4. The number of nitrogens with one attached hydrogen (secondary N) is 1. The number of aromatic nitrogens is 2. The molecule has 0 aliphatic heterocycles. The number of hydrogen-bond donors (Lipinski definition) is 1. The van der Waals surface area contributed by atoms with Crippen molar-refractivity contribution in [3.05, 3.63) is 77.3 Å². The normalized spacial score (nSPS) is 11.6. The monoisotopic (exact) mass is 413 g/mol. The summed E-state index contributed by atoms with van der Waals surface area (Å²) in [7, 11) is 0. The van der Waals surface area contributed by atoms with Crippen LogP contribution in [0.2, 0.25) is 0 Å². The van der Waals surface area contributed by atoms with Crippen molar-refractivity contribution in [2.75, 3.05) is 5.32 Å². The van der Waals surface area contributed by atoms with Crippen LogP contribution in [0.1, 0.15) is 11.1 Å². The molecule has 0 fully saturated rings. The zero-order valence-corrected chi connectivity index (χ0v) is 15.7. The van der Waals surface area contributed by atoms with Gasteiger partial charge < -0.3 is 5.32 Å². The molecule has 0 bridgehead atoms. The van der Waals surface area contributed by atoms with E-state index in [0.717, 1.165) is 23.1 Å². The maximum atomic E-state index is 12.8. The lowest BCUT2D eigenvalue weighted by Crippen LogP contribution is -2.14. The first kappa shape index (κ1) is 19.1. The fourth-order valence-corrected chi connectivity index (χ4v) is 3.51. The van der Waals surface area contributed by atoms with Crippen molar-refractivity contribution in [2.24, 2.45) is 0 Å². The van der Waals surface area contributed by atoms with Gasteiger partial charge in [0.05, 0.1) is 23.2 Å². The number of anilines is 1. The van der Waals surface area contributed by atoms with Crippen LogP contribution >= 0.6 is 11.3 Å². The lowest BCUT2D eigenvalue weighted by Gasteiger charge is -2.10. The second kappa shape index (κ2) is 7.63. The zero-order chi connectivity index (χ0) is 20.4. The molecule has 29 heavy (non-hydrogen) atoms. The van der Waals surface area contributed by atoms with Crippen LogP contribution in [0.25, 0.3) is 22.2 Å². The summed E-state index contributed by atoms with van der Waals surface area (Å²) in [6.45, 7) is 0. The Labute approximate surface area is 168 Å². The number of carbonyl (C=O) groups is 1. The number of carbonyl (C=O) groups excluding carboxylic acids is 1. The predicted molar refractivity (Wildman–Crippen MR) is 107 cm³/mol. The Morgan fingerprint density at radius 2 is 1.83 bits per heavy atom. The largest absolute Gasteiger partial charge is 0.416 e. The molecule has 2 heterocycles. The molecule has 1 N–H and O–H groups in total. The van der Waals surface area contributed by atoms with Crippen LogP contribution in [0.4, 0.5) is 18.3 Å². The molecular formula is C21H14F3N3OS. The second-order valence-electron chi connectivity index (χ2n) is 6.32. The van der Waals surface area contributed by atoms with Gasteiger partial charge in [0, 0.05) is 22.5 Å². The van der Waals surface area contributed by atoms with Gasteiger partial charge in [-0.15, -0.1) is 11.3 Å². The van der Waals surface area contributed by atoms with Gasteiger partial charge in [0.25, 0.3) is 0 Å². The van der Waals surface area contributed by atoms with E-state index in [1.165, 1.54) is 23.5 Å². The first-order chi connectivity index (χ1) is 13.9. The molecule has 0 aliphatic carbocycles. The minimum absolute atomic E-state index is 0.111. The molecule has 8 heteroatoms. The number of benzene rings is 2. The number of fused-ring (bicyclic) bond motifs is 1. The van der Waals surface area contributed by atoms with E-state index in [4.69, 9.17) is 0 Å². The molecule has 0 aliphatic rings. The number of thiazole rings is 1. The maximum Gasteiger partial charge on any atom is 0.416 e. The van der Waals surface area contributed by atoms with Gasteiger partial charge in [-0.2, -0.15) is 13.2 Å². The molecule has 146 valence electrons. The minimum atomic E-state index is -4.38. The maximum absolute atomic E-state index is 12.8. The van der Waals surface area contributed by atoms with Crippen LogP contribution in [-0.4, -0.2) is 15.9 Å². The number of amides is 1. The van der Waals surface area contributed by atoms with Gasteiger partial charge in [-0.1, -0.05) is 36.4 Å². The molecule has 4 rings (SSSR count). The van der Waals surface area contributed by atoms with Crippen molar-refractivity contribution in [2.45, 2.75) is 12.6 Å². The molecule has 4 nitrogen and oxygen atoms in total. The molecule has 0 spiro atoms. The summed E-state index contributed by atoms with van der Waals surface area (Å²) in [6.07, 6.45) is -2.66. The van der Waals surface area contributed by atoms with Crippen molar-refractivity contribution < 1.29 is 18.0 Å².